The molecule has 0 bridgehead atoms. The van der Waals surface area contributed by atoms with E-state index in [-0.39, 0.29) is 11.9 Å². The van der Waals surface area contributed by atoms with Crippen molar-refractivity contribution in [3.05, 3.63) is 12.2 Å². The van der Waals surface area contributed by atoms with Crippen molar-refractivity contribution in [2.24, 2.45) is 0 Å². The molecule has 0 spiro atoms. The Bertz CT molecular complexity index is 291. The summed E-state index contributed by atoms with van der Waals surface area (Å²) in [7, 11) is 0. The van der Waals surface area contributed by atoms with Crippen LogP contribution in [0.4, 0.5) is 0 Å². The van der Waals surface area contributed by atoms with Crippen LogP contribution in [0.3, 0.4) is 0 Å². The van der Waals surface area contributed by atoms with Gasteiger partial charge in [0.25, 0.3) is 0 Å². The molecule has 0 N–H and O–H groups in total. The molecule has 0 amide bonds. The Balaban J connectivity index is 3.51. The molecule has 0 saturated heterocycles. The second kappa shape index (κ2) is 7.48. The largest absolute Gasteiger partial charge is 0.465 e. The maximum atomic E-state index is 11.3. The highest BCUT2D eigenvalue weighted by Crippen LogP contribution is 2.17. The van der Waals surface area contributed by atoms with Crippen LogP contribution < -0.4 is 0 Å². The maximum absolute atomic E-state index is 11.3. The molecule has 0 unspecified atom stereocenters. The van der Waals surface area contributed by atoms with Gasteiger partial charge in [-0.2, -0.15) is 0 Å². The van der Waals surface area contributed by atoms with E-state index in [4.69, 9.17) is 9.47 Å². The van der Waals surface area contributed by atoms with Crippen LogP contribution in [-0.2, 0) is 19.1 Å². The fraction of sp³-hybridized carbons (Fsp3) is 0.667. The van der Waals surface area contributed by atoms with E-state index in [1.807, 2.05) is 0 Å². The number of alkyl halides is 1. The van der Waals surface area contributed by atoms with Gasteiger partial charge in [0, 0.05) is 5.57 Å². The Morgan fingerprint density at radius 2 is 1.65 bits per heavy atom. The highest BCUT2D eigenvalue weighted by molar-refractivity contribution is 9.10. The molecular weight excluding hydrogens is 288 g/mol. The molecule has 0 aliphatic rings. The van der Waals surface area contributed by atoms with Gasteiger partial charge in [0.2, 0.25) is 0 Å². The first kappa shape index (κ1) is 16.2. The van der Waals surface area contributed by atoms with E-state index in [0.717, 1.165) is 0 Å². The molecule has 0 heterocycles. The minimum atomic E-state index is -0.653. The van der Waals surface area contributed by atoms with E-state index in [0.29, 0.717) is 31.6 Å². The van der Waals surface area contributed by atoms with Crippen molar-refractivity contribution >= 4 is 27.9 Å². The summed E-state index contributed by atoms with van der Waals surface area (Å²) in [6.07, 6.45) is 1.33. The second-order valence-electron chi connectivity index (χ2n) is 4.23. The van der Waals surface area contributed by atoms with E-state index in [1.54, 1.807) is 20.8 Å². The van der Waals surface area contributed by atoms with Crippen LogP contribution in [0.1, 0.15) is 33.6 Å². The standard InChI is InChI=1S/C12H19BrO4/c1-9(2)10(14)16-7-5-6-8-17-11(15)12(3,4)13/h1,5-8H2,2-4H3. The molecule has 0 aliphatic carbocycles. The lowest BCUT2D eigenvalue weighted by atomic mass is 10.2. The summed E-state index contributed by atoms with van der Waals surface area (Å²) < 4.78 is 9.25. The third-order valence-electron chi connectivity index (χ3n) is 1.84. The van der Waals surface area contributed by atoms with Gasteiger partial charge in [-0.3, -0.25) is 4.79 Å². The molecule has 0 fully saturated rings. The number of halogens is 1. The number of hydrogen-bond donors (Lipinski definition) is 0. The number of hydrogen-bond acceptors (Lipinski definition) is 4. The van der Waals surface area contributed by atoms with Gasteiger partial charge in [-0.1, -0.05) is 22.5 Å². The number of ether oxygens (including phenoxy) is 2. The lowest BCUT2D eigenvalue weighted by Crippen LogP contribution is -2.26. The molecule has 0 radical (unpaired) electrons. The minimum absolute atomic E-state index is 0.295. The van der Waals surface area contributed by atoms with Crippen LogP contribution in [-0.4, -0.2) is 29.5 Å². The highest BCUT2D eigenvalue weighted by Gasteiger charge is 2.24. The maximum Gasteiger partial charge on any atom is 0.333 e. The van der Waals surface area contributed by atoms with Gasteiger partial charge in [-0.05, 0) is 33.6 Å². The number of esters is 2. The van der Waals surface area contributed by atoms with Crippen molar-refractivity contribution in [3.8, 4) is 0 Å². The van der Waals surface area contributed by atoms with Crippen LogP contribution in [0.15, 0.2) is 12.2 Å². The zero-order valence-electron chi connectivity index (χ0n) is 10.5. The van der Waals surface area contributed by atoms with Gasteiger partial charge in [0.15, 0.2) is 0 Å². The molecule has 5 heteroatoms. The number of rotatable bonds is 7. The molecule has 17 heavy (non-hydrogen) atoms. The molecule has 98 valence electrons. The van der Waals surface area contributed by atoms with Crippen molar-refractivity contribution in [1.82, 2.24) is 0 Å². The zero-order valence-corrected chi connectivity index (χ0v) is 12.1. The fourth-order valence-electron chi connectivity index (χ4n) is 0.829. The first-order chi connectivity index (χ1) is 7.75. The second-order valence-corrected chi connectivity index (χ2v) is 6.21. The Hall–Kier alpha value is -0.840. The van der Waals surface area contributed by atoms with Gasteiger partial charge in [-0.25, -0.2) is 4.79 Å². The average molecular weight is 307 g/mol. The number of carbonyl (C=O) groups is 2. The topological polar surface area (TPSA) is 52.6 Å². The first-order valence-electron chi connectivity index (χ1n) is 5.44. The predicted octanol–water partition coefficient (Wildman–Crippen LogP) is 2.60. The third kappa shape index (κ3) is 7.96. The van der Waals surface area contributed by atoms with E-state index in [9.17, 15) is 9.59 Å². The van der Waals surface area contributed by atoms with Crippen molar-refractivity contribution < 1.29 is 19.1 Å². The summed E-state index contributed by atoms with van der Waals surface area (Å²) in [4.78, 5) is 22.3. The van der Waals surface area contributed by atoms with Crippen molar-refractivity contribution in [3.63, 3.8) is 0 Å². The smallest absolute Gasteiger partial charge is 0.333 e. The Morgan fingerprint density at radius 3 is 2.06 bits per heavy atom. The van der Waals surface area contributed by atoms with Gasteiger partial charge in [0.05, 0.1) is 13.2 Å². The molecule has 0 aliphatic heterocycles. The van der Waals surface area contributed by atoms with Crippen molar-refractivity contribution in [1.29, 1.82) is 0 Å². The minimum Gasteiger partial charge on any atom is -0.465 e. The molecule has 0 aromatic carbocycles. The number of unbranched alkanes of at least 4 members (excludes halogenated alkanes) is 1. The van der Waals surface area contributed by atoms with E-state index < -0.39 is 4.32 Å². The quantitative estimate of drug-likeness (QED) is 0.314. The summed E-state index contributed by atoms with van der Waals surface area (Å²) >= 11 is 3.21. The van der Waals surface area contributed by atoms with E-state index in [2.05, 4.69) is 22.5 Å². The molecule has 0 aromatic heterocycles. The Morgan fingerprint density at radius 1 is 1.18 bits per heavy atom. The summed E-state index contributed by atoms with van der Waals surface area (Å²) in [5, 5.41) is 0. The van der Waals surface area contributed by atoms with E-state index >= 15 is 0 Å². The fourth-order valence-corrected chi connectivity index (χ4v) is 0.943. The van der Waals surface area contributed by atoms with Gasteiger partial charge >= 0.3 is 11.9 Å². The lowest BCUT2D eigenvalue weighted by Gasteiger charge is -2.14. The average Bonchev–Trinajstić information content (AvgIpc) is 2.20. The molecule has 0 atom stereocenters. The van der Waals surface area contributed by atoms with Crippen LogP contribution in [0.2, 0.25) is 0 Å². The summed E-state index contributed by atoms with van der Waals surface area (Å²) in [5.74, 6) is -0.681. The Labute approximate surface area is 110 Å². The van der Waals surface area contributed by atoms with Crippen LogP contribution in [0.25, 0.3) is 0 Å². The zero-order chi connectivity index (χ0) is 13.5. The van der Waals surface area contributed by atoms with E-state index in [1.165, 1.54) is 0 Å². The van der Waals surface area contributed by atoms with Crippen LogP contribution in [0, 0.1) is 0 Å². The van der Waals surface area contributed by atoms with Crippen LogP contribution >= 0.6 is 15.9 Å². The summed E-state index contributed by atoms with van der Waals surface area (Å²) in [6, 6.07) is 0. The Kier molecular flexibility index (Phi) is 7.11. The highest BCUT2D eigenvalue weighted by atomic mass is 79.9. The third-order valence-corrected chi connectivity index (χ3v) is 2.16. The monoisotopic (exact) mass is 306 g/mol. The molecular formula is C12H19BrO4. The normalized spacial score (nSPS) is 10.8. The SMILES string of the molecule is C=C(C)C(=O)OCCCCOC(=O)C(C)(C)Br. The number of carbonyl (C=O) groups excluding carboxylic acids is 2. The lowest BCUT2D eigenvalue weighted by molar-refractivity contribution is -0.146. The summed E-state index contributed by atoms with van der Waals surface area (Å²) in [5.41, 5.74) is 0.387. The van der Waals surface area contributed by atoms with Gasteiger partial charge < -0.3 is 9.47 Å². The molecule has 4 nitrogen and oxygen atoms in total. The molecule has 0 rings (SSSR count). The van der Waals surface area contributed by atoms with Crippen molar-refractivity contribution in [2.45, 2.75) is 37.9 Å². The van der Waals surface area contributed by atoms with Crippen molar-refractivity contribution in [2.75, 3.05) is 13.2 Å². The summed E-state index contributed by atoms with van der Waals surface area (Å²) in [6.45, 7) is 9.18. The first-order valence-corrected chi connectivity index (χ1v) is 6.23. The predicted molar refractivity (Wildman–Crippen MR) is 69.0 cm³/mol. The van der Waals surface area contributed by atoms with Gasteiger partial charge in [0.1, 0.15) is 4.32 Å². The van der Waals surface area contributed by atoms with Crippen LogP contribution in [0.5, 0.6) is 0 Å². The van der Waals surface area contributed by atoms with Gasteiger partial charge in [-0.15, -0.1) is 0 Å². The molecule has 0 aromatic rings. The molecule has 0 saturated carbocycles.